The Kier molecular flexibility index (Phi) is 2.91. The lowest BCUT2D eigenvalue weighted by atomic mass is 10.3. The van der Waals surface area contributed by atoms with Crippen molar-refractivity contribution < 1.29 is 0 Å². The van der Waals surface area contributed by atoms with Gasteiger partial charge in [0.15, 0.2) is 0 Å². The Morgan fingerprint density at radius 1 is 1.25 bits per heavy atom. The van der Waals surface area contributed by atoms with Gasteiger partial charge < -0.3 is 10.3 Å². The molecule has 1 heterocycles. The van der Waals surface area contributed by atoms with E-state index < -0.39 is 11.2 Å². The summed E-state index contributed by atoms with van der Waals surface area (Å²) in [5.41, 5.74) is 0.0677. The van der Waals surface area contributed by atoms with Crippen LogP contribution in [-0.2, 0) is 0 Å². The SMILES string of the molecule is O=c1[nH]cc(Nc2cccc(Br)c2)c(=O)[nH]1. The van der Waals surface area contributed by atoms with E-state index in [1.807, 2.05) is 24.3 Å². The van der Waals surface area contributed by atoms with Crippen molar-refractivity contribution in [3.63, 3.8) is 0 Å². The van der Waals surface area contributed by atoms with Gasteiger partial charge in [0, 0.05) is 16.4 Å². The predicted molar refractivity (Wildman–Crippen MR) is 65.1 cm³/mol. The molecule has 0 fully saturated rings. The molecule has 5 nitrogen and oxygen atoms in total. The monoisotopic (exact) mass is 281 g/mol. The van der Waals surface area contributed by atoms with Crippen LogP contribution in [0, 0.1) is 0 Å². The molecule has 0 aliphatic heterocycles. The Morgan fingerprint density at radius 2 is 2.06 bits per heavy atom. The van der Waals surface area contributed by atoms with Crippen LogP contribution in [0.2, 0.25) is 0 Å². The zero-order valence-electron chi connectivity index (χ0n) is 8.08. The first-order valence-electron chi connectivity index (χ1n) is 4.50. The summed E-state index contributed by atoms with van der Waals surface area (Å²) in [6.45, 7) is 0. The Bertz CT molecular complexity index is 618. The van der Waals surface area contributed by atoms with Gasteiger partial charge in [0.25, 0.3) is 5.56 Å². The van der Waals surface area contributed by atoms with Crippen LogP contribution in [0.1, 0.15) is 0 Å². The molecule has 0 bridgehead atoms. The summed E-state index contributed by atoms with van der Waals surface area (Å²) in [7, 11) is 0. The quantitative estimate of drug-likeness (QED) is 0.782. The van der Waals surface area contributed by atoms with Crippen molar-refractivity contribution in [3.05, 3.63) is 55.8 Å². The number of anilines is 2. The molecule has 2 rings (SSSR count). The normalized spacial score (nSPS) is 10.1. The summed E-state index contributed by atoms with van der Waals surface area (Å²) in [6.07, 6.45) is 1.34. The molecule has 2 aromatic rings. The second-order valence-corrected chi connectivity index (χ2v) is 4.04. The maximum atomic E-state index is 11.4. The summed E-state index contributed by atoms with van der Waals surface area (Å²) in [5.74, 6) is 0. The number of halogens is 1. The lowest BCUT2D eigenvalue weighted by Gasteiger charge is -2.04. The second-order valence-electron chi connectivity index (χ2n) is 3.12. The molecule has 6 heteroatoms. The Balaban J connectivity index is 2.34. The molecule has 0 aliphatic rings. The summed E-state index contributed by atoms with van der Waals surface area (Å²) in [6, 6.07) is 7.36. The minimum atomic E-state index is -0.523. The fraction of sp³-hybridized carbons (Fsp3) is 0. The van der Waals surface area contributed by atoms with E-state index in [-0.39, 0.29) is 5.69 Å². The minimum absolute atomic E-state index is 0.290. The van der Waals surface area contributed by atoms with E-state index in [0.717, 1.165) is 10.2 Å². The molecule has 0 radical (unpaired) electrons. The first-order valence-corrected chi connectivity index (χ1v) is 5.29. The minimum Gasteiger partial charge on any atom is -0.350 e. The van der Waals surface area contributed by atoms with Crippen LogP contribution < -0.4 is 16.6 Å². The number of hydrogen-bond acceptors (Lipinski definition) is 3. The average Bonchev–Trinajstić information content (AvgIpc) is 2.22. The van der Waals surface area contributed by atoms with Crippen LogP contribution in [0.3, 0.4) is 0 Å². The van der Waals surface area contributed by atoms with E-state index in [1.165, 1.54) is 6.20 Å². The zero-order valence-corrected chi connectivity index (χ0v) is 9.67. The van der Waals surface area contributed by atoms with Crippen molar-refractivity contribution in [1.29, 1.82) is 0 Å². The molecule has 16 heavy (non-hydrogen) atoms. The average molecular weight is 282 g/mol. The molecule has 0 aliphatic carbocycles. The molecule has 82 valence electrons. The molecular weight excluding hydrogens is 274 g/mol. The van der Waals surface area contributed by atoms with Crippen molar-refractivity contribution >= 4 is 27.3 Å². The number of aromatic nitrogens is 2. The topological polar surface area (TPSA) is 77.8 Å². The van der Waals surface area contributed by atoms with Gasteiger partial charge in [0.2, 0.25) is 0 Å². The van der Waals surface area contributed by atoms with Crippen molar-refractivity contribution in [2.75, 3.05) is 5.32 Å². The molecule has 0 amide bonds. The van der Waals surface area contributed by atoms with Gasteiger partial charge in [-0.15, -0.1) is 0 Å². The highest BCUT2D eigenvalue weighted by Crippen LogP contribution is 2.17. The molecular formula is C10H8BrN3O2. The van der Waals surface area contributed by atoms with Crippen LogP contribution in [-0.4, -0.2) is 9.97 Å². The van der Waals surface area contributed by atoms with E-state index >= 15 is 0 Å². The fourth-order valence-corrected chi connectivity index (χ4v) is 1.62. The molecule has 1 aromatic heterocycles. The van der Waals surface area contributed by atoms with Crippen molar-refractivity contribution in [3.8, 4) is 0 Å². The molecule has 1 aromatic carbocycles. The molecule has 3 N–H and O–H groups in total. The Morgan fingerprint density at radius 3 is 2.75 bits per heavy atom. The van der Waals surface area contributed by atoms with Crippen molar-refractivity contribution in [2.45, 2.75) is 0 Å². The second kappa shape index (κ2) is 4.36. The van der Waals surface area contributed by atoms with E-state index in [4.69, 9.17) is 0 Å². The zero-order chi connectivity index (χ0) is 11.5. The summed E-state index contributed by atoms with van der Waals surface area (Å²) < 4.78 is 0.901. The third-order valence-electron chi connectivity index (χ3n) is 1.92. The van der Waals surface area contributed by atoms with Gasteiger partial charge in [-0.2, -0.15) is 0 Å². The maximum Gasteiger partial charge on any atom is 0.325 e. The largest absolute Gasteiger partial charge is 0.350 e. The lowest BCUT2D eigenvalue weighted by molar-refractivity contribution is 1.04. The van der Waals surface area contributed by atoms with Crippen LogP contribution in [0.15, 0.2) is 44.5 Å². The first-order chi connectivity index (χ1) is 7.65. The van der Waals surface area contributed by atoms with Crippen LogP contribution in [0.5, 0.6) is 0 Å². The van der Waals surface area contributed by atoms with Gasteiger partial charge in [0.05, 0.1) is 0 Å². The van der Waals surface area contributed by atoms with Gasteiger partial charge in [-0.25, -0.2) is 4.79 Å². The van der Waals surface area contributed by atoms with E-state index in [1.54, 1.807) is 0 Å². The van der Waals surface area contributed by atoms with Gasteiger partial charge in [-0.3, -0.25) is 9.78 Å². The van der Waals surface area contributed by atoms with Gasteiger partial charge in [-0.05, 0) is 18.2 Å². The third-order valence-corrected chi connectivity index (χ3v) is 2.42. The number of rotatable bonds is 2. The highest BCUT2D eigenvalue weighted by Gasteiger charge is 2.00. The lowest BCUT2D eigenvalue weighted by Crippen LogP contribution is -2.23. The first kappa shape index (κ1) is 10.7. The fourth-order valence-electron chi connectivity index (χ4n) is 1.22. The van der Waals surface area contributed by atoms with E-state index in [0.29, 0.717) is 0 Å². The molecule has 0 saturated carbocycles. The highest BCUT2D eigenvalue weighted by molar-refractivity contribution is 9.10. The van der Waals surface area contributed by atoms with Gasteiger partial charge >= 0.3 is 5.69 Å². The molecule has 0 unspecified atom stereocenters. The van der Waals surface area contributed by atoms with Crippen molar-refractivity contribution in [1.82, 2.24) is 9.97 Å². The Hall–Kier alpha value is -1.82. The van der Waals surface area contributed by atoms with Gasteiger partial charge in [-0.1, -0.05) is 22.0 Å². The molecule has 0 atom stereocenters. The van der Waals surface area contributed by atoms with E-state index in [2.05, 4.69) is 31.2 Å². The van der Waals surface area contributed by atoms with E-state index in [9.17, 15) is 9.59 Å². The number of H-pyrrole nitrogens is 2. The predicted octanol–water partition coefficient (Wildman–Crippen LogP) is 1.57. The standard InChI is InChI=1S/C10H8BrN3O2/c11-6-2-1-3-7(4-6)13-8-5-12-10(16)14-9(8)15/h1-5,13H,(H2,12,14,15,16). The van der Waals surface area contributed by atoms with Crippen LogP contribution in [0.25, 0.3) is 0 Å². The number of benzene rings is 1. The summed E-state index contributed by atoms with van der Waals surface area (Å²) >= 11 is 3.32. The third kappa shape index (κ3) is 2.40. The number of hydrogen-bond donors (Lipinski definition) is 3. The van der Waals surface area contributed by atoms with Crippen molar-refractivity contribution in [2.24, 2.45) is 0 Å². The summed E-state index contributed by atoms with van der Waals surface area (Å²) in [4.78, 5) is 26.7. The highest BCUT2D eigenvalue weighted by atomic mass is 79.9. The van der Waals surface area contributed by atoms with Crippen LogP contribution >= 0.6 is 15.9 Å². The molecule has 0 spiro atoms. The molecule has 0 saturated heterocycles. The summed E-state index contributed by atoms with van der Waals surface area (Å²) in [5, 5.41) is 2.90. The number of nitrogens with one attached hydrogen (secondary N) is 3. The van der Waals surface area contributed by atoms with Crippen LogP contribution in [0.4, 0.5) is 11.4 Å². The Labute approximate surface area is 98.7 Å². The maximum absolute atomic E-state index is 11.4. The number of aromatic amines is 2. The smallest absolute Gasteiger partial charge is 0.325 e. The van der Waals surface area contributed by atoms with Gasteiger partial charge in [0.1, 0.15) is 5.69 Å².